The van der Waals surface area contributed by atoms with Gasteiger partial charge in [-0.3, -0.25) is 0 Å². The zero-order valence-electron chi connectivity index (χ0n) is 10.5. The standard InChI is InChI=1S/C11H14N2O.C2H6/c1-3-8-13(2)11-12-9-6-4-5-7-10(9)14-11;1-2/h4-7H,3,8H2,1-2H3;1-2H3. The smallest absolute Gasteiger partial charge is 0.298 e. The summed E-state index contributed by atoms with van der Waals surface area (Å²) in [7, 11) is 1.99. The second-order valence-corrected chi connectivity index (χ2v) is 3.39. The lowest BCUT2D eigenvalue weighted by molar-refractivity contribution is 0.581. The molecule has 1 aromatic carbocycles. The summed E-state index contributed by atoms with van der Waals surface area (Å²) in [4.78, 5) is 6.42. The van der Waals surface area contributed by atoms with Crippen molar-refractivity contribution in [2.75, 3.05) is 18.5 Å². The van der Waals surface area contributed by atoms with Crippen LogP contribution in [-0.4, -0.2) is 18.6 Å². The van der Waals surface area contributed by atoms with Gasteiger partial charge in [0.2, 0.25) is 0 Å². The van der Waals surface area contributed by atoms with Crippen molar-refractivity contribution in [3.05, 3.63) is 24.3 Å². The minimum absolute atomic E-state index is 0.702. The van der Waals surface area contributed by atoms with Crippen molar-refractivity contribution < 1.29 is 4.42 Å². The highest BCUT2D eigenvalue weighted by molar-refractivity contribution is 5.74. The van der Waals surface area contributed by atoms with Gasteiger partial charge in [0, 0.05) is 13.6 Å². The maximum Gasteiger partial charge on any atom is 0.298 e. The molecule has 0 radical (unpaired) electrons. The molecule has 0 aliphatic carbocycles. The molecule has 0 aliphatic heterocycles. The summed E-state index contributed by atoms with van der Waals surface area (Å²) in [5.74, 6) is 0. The highest BCUT2D eigenvalue weighted by Crippen LogP contribution is 2.20. The summed E-state index contributed by atoms with van der Waals surface area (Å²) < 4.78 is 5.60. The lowest BCUT2D eigenvalue weighted by atomic mass is 10.3. The fourth-order valence-corrected chi connectivity index (χ4v) is 1.45. The van der Waals surface area contributed by atoms with E-state index in [4.69, 9.17) is 4.42 Å². The highest BCUT2D eigenvalue weighted by Gasteiger charge is 2.08. The largest absolute Gasteiger partial charge is 0.423 e. The molecular formula is C13H20N2O. The first-order valence-corrected chi connectivity index (χ1v) is 5.88. The monoisotopic (exact) mass is 220 g/mol. The second-order valence-electron chi connectivity index (χ2n) is 3.39. The summed E-state index contributed by atoms with van der Waals surface area (Å²) in [6.45, 7) is 7.10. The normalized spacial score (nSPS) is 9.75. The van der Waals surface area contributed by atoms with Gasteiger partial charge >= 0.3 is 0 Å². The molecule has 16 heavy (non-hydrogen) atoms. The second kappa shape index (κ2) is 6.16. The van der Waals surface area contributed by atoms with Gasteiger partial charge in [-0.2, -0.15) is 4.98 Å². The third-order valence-electron chi connectivity index (χ3n) is 2.17. The number of hydrogen-bond donors (Lipinski definition) is 0. The Morgan fingerprint density at radius 1 is 1.25 bits per heavy atom. The zero-order valence-corrected chi connectivity index (χ0v) is 10.5. The van der Waals surface area contributed by atoms with E-state index in [0.29, 0.717) is 6.01 Å². The van der Waals surface area contributed by atoms with Gasteiger partial charge in [-0.15, -0.1) is 0 Å². The first-order valence-electron chi connectivity index (χ1n) is 5.88. The van der Waals surface area contributed by atoms with Crippen LogP contribution in [0.1, 0.15) is 27.2 Å². The molecule has 0 aliphatic rings. The summed E-state index contributed by atoms with van der Waals surface area (Å²) in [5, 5.41) is 0. The fourth-order valence-electron chi connectivity index (χ4n) is 1.45. The molecule has 0 fully saturated rings. The molecule has 2 rings (SSSR count). The molecule has 1 aromatic heterocycles. The van der Waals surface area contributed by atoms with Crippen LogP contribution in [0.3, 0.4) is 0 Å². The molecule has 0 spiro atoms. The lowest BCUT2D eigenvalue weighted by Crippen LogP contribution is -2.17. The van der Waals surface area contributed by atoms with Crippen LogP contribution in [0, 0.1) is 0 Å². The third-order valence-corrected chi connectivity index (χ3v) is 2.17. The van der Waals surface area contributed by atoms with E-state index in [-0.39, 0.29) is 0 Å². The van der Waals surface area contributed by atoms with Gasteiger partial charge in [0.25, 0.3) is 6.01 Å². The van der Waals surface area contributed by atoms with Crippen LogP contribution in [0.4, 0.5) is 6.01 Å². The van der Waals surface area contributed by atoms with E-state index in [0.717, 1.165) is 24.1 Å². The Hall–Kier alpha value is -1.51. The first-order chi connectivity index (χ1) is 7.81. The van der Waals surface area contributed by atoms with E-state index < -0.39 is 0 Å². The third kappa shape index (κ3) is 2.75. The van der Waals surface area contributed by atoms with Crippen molar-refractivity contribution in [2.24, 2.45) is 0 Å². The minimum atomic E-state index is 0.702. The van der Waals surface area contributed by atoms with Crippen LogP contribution in [0.15, 0.2) is 28.7 Å². The van der Waals surface area contributed by atoms with E-state index in [1.165, 1.54) is 0 Å². The van der Waals surface area contributed by atoms with Crippen molar-refractivity contribution >= 4 is 17.1 Å². The average molecular weight is 220 g/mol. The molecule has 0 saturated carbocycles. The number of aromatic nitrogens is 1. The molecule has 1 heterocycles. The van der Waals surface area contributed by atoms with Crippen molar-refractivity contribution in [1.29, 1.82) is 0 Å². The molecule has 3 heteroatoms. The zero-order chi connectivity index (χ0) is 12.0. The number of nitrogens with zero attached hydrogens (tertiary/aromatic N) is 2. The lowest BCUT2D eigenvalue weighted by Gasteiger charge is -2.11. The van der Waals surface area contributed by atoms with Gasteiger partial charge in [0.1, 0.15) is 5.52 Å². The van der Waals surface area contributed by atoms with Crippen molar-refractivity contribution in [2.45, 2.75) is 27.2 Å². The van der Waals surface area contributed by atoms with Crippen LogP contribution in [0.25, 0.3) is 11.1 Å². The Morgan fingerprint density at radius 2 is 1.94 bits per heavy atom. The van der Waals surface area contributed by atoms with E-state index >= 15 is 0 Å². The van der Waals surface area contributed by atoms with Crippen molar-refractivity contribution in [1.82, 2.24) is 4.98 Å². The highest BCUT2D eigenvalue weighted by atomic mass is 16.4. The molecule has 0 bridgehead atoms. The van der Waals surface area contributed by atoms with Gasteiger partial charge in [0.15, 0.2) is 5.58 Å². The topological polar surface area (TPSA) is 29.3 Å². The Bertz CT molecular complexity index is 390. The van der Waals surface area contributed by atoms with E-state index in [2.05, 4.69) is 11.9 Å². The first kappa shape index (κ1) is 12.6. The van der Waals surface area contributed by atoms with Crippen LogP contribution < -0.4 is 4.90 Å². The van der Waals surface area contributed by atoms with Crippen LogP contribution in [0.2, 0.25) is 0 Å². The Balaban J connectivity index is 0.000000606. The molecular weight excluding hydrogens is 200 g/mol. The van der Waals surface area contributed by atoms with Gasteiger partial charge in [-0.1, -0.05) is 32.9 Å². The molecule has 0 unspecified atom stereocenters. The van der Waals surface area contributed by atoms with E-state index in [9.17, 15) is 0 Å². The van der Waals surface area contributed by atoms with Gasteiger partial charge < -0.3 is 9.32 Å². The molecule has 0 N–H and O–H groups in total. The van der Waals surface area contributed by atoms with Crippen molar-refractivity contribution in [3.8, 4) is 0 Å². The number of anilines is 1. The summed E-state index contributed by atoms with van der Waals surface area (Å²) in [6.07, 6.45) is 1.09. The van der Waals surface area contributed by atoms with E-state index in [1.54, 1.807) is 0 Å². The minimum Gasteiger partial charge on any atom is -0.423 e. The SMILES string of the molecule is CC.CCCN(C)c1nc2ccccc2o1. The van der Waals surface area contributed by atoms with Crippen LogP contribution in [-0.2, 0) is 0 Å². The number of hydrogen-bond acceptors (Lipinski definition) is 3. The number of para-hydroxylation sites is 2. The number of oxazole rings is 1. The maximum absolute atomic E-state index is 5.60. The average Bonchev–Trinajstić information content (AvgIpc) is 2.75. The number of benzene rings is 1. The summed E-state index contributed by atoms with van der Waals surface area (Å²) >= 11 is 0. The Morgan fingerprint density at radius 3 is 2.56 bits per heavy atom. The molecule has 3 nitrogen and oxygen atoms in total. The molecule has 88 valence electrons. The predicted octanol–water partition coefficient (Wildman–Crippen LogP) is 3.70. The maximum atomic E-state index is 5.60. The van der Waals surface area contributed by atoms with Gasteiger partial charge in [-0.05, 0) is 18.6 Å². The predicted molar refractivity (Wildman–Crippen MR) is 68.9 cm³/mol. The van der Waals surface area contributed by atoms with Crippen LogP contribution in [0.5, 0.6) is 0 Å². The fraction of sp³-hybridized carbons (Fsp3) is 0.462. The molecule has 0 atom stereocenters. The molecule has 2 aromatic rings. The van der Waals surface area contributed by atoms with Crippen LogP contribution >= 0.6 is 0 Å². The molecule has 0 saturated heterocycles. The number of fused-ring (bicyclic) bond motifs is 1. The van der Waals surface area contributed by atoms with Gasteiger partial charge in [0.05, 0.1) is 0 Å². The number of rotatable bonds is 3. The summed E-state index contributed by atoms with van der Waals surface area (Å²) in [5.41, 5.74) is 1.77. The van der Waals surface area contributed by atoms with Crippen molar-refractivity contribution in [3.63, 3.8) is 0 Å². The molecule has 0 amide bonds. The van der Waals surface area contributed by atoms with E-state index in [1.807, 2.05) is 50.1 Å². The van der Waals surface area contributed by atoms with Gasteiger partial charge in [-0.25, -0.2) is 0 Å². The quantitative estimate of drug-likeness (QED) is 0.789. The Kier molecular flexibility index (Phi) is 4.83. The summed E-state index contributed by atoms with van der Waals surface area (Å²) in [6, 6.07) is 8.52. The Labute approximate surface area is 97.1 Å².